The first-order valence-electron chi connectivity index (χ1n) is 8.36. The number of benzene rings is 1. The van der Waals surface area contributed by atoms with E-state index in [0.29, 0.717) is 6.54 Å². The standard InChI is InChI=1S/C18H22F2N2O2/c1-2-15-14(13-5-3-4-6-16(13)24-15)11-22-8-7-12(10-22)9-21-18(23)17(19)20/h3-6,12,17H,2,7-11H2,1H3,(H,21,23)/t12-/m0/s1. The van der Waals surface area contributed by atoms with Crippen LogP contribution in [0.15, 0.2) is 28.7 Å². The van der Waals surface area contributed by atoms with Crippen LogP contribution >= 0.6 is 0 Å². The molecule has 0 saturated carbocycles. The lowest BCUT2D eigenvalue weighted by Crippen LogP contribution is -2.34. The number of rotatable bonds is 6. The molecule has 0 bridgehead atoms. The molecule has 0 aliphatic carbocycles. The van der Waals surface area contributed by atoms with Gasteiger partial charge in [-0.05, 0) is 24.9 Å². The molecule has 4 nitrogen and oxygen atoms in total. The number of nitrogens with zero attached hydrogens (tertiary/aromatic N) is 1. The minimum Gasteiger partial charge on any atom is -0.461 e. The van der Waals surface area contributed by atoms with Crippen molar-refractivity contribution in [3.63, 3.8) is 0 Å². The van der Waals surface area contributed by atoms with Crippen LogP contribution < -0.4 is 5.32 Å². The first kappa shape index (κ1) is 16.9. The van der Waals surface area contributed by atoms with Gasteiger partial charge in [0, 0.05) is 37.0 Å². The molecule has 1 aromatic heterocycles. The number of hydrogen-bond donors (Lipinski definition) is 1. The van der Waals surface area contributed by atoms with Gasteiger partial charge in [0.1, 0.15) is 11.3 Å². The van der Waals surface area contributed by atoms with Crippen molar-refractivity contribution in [2.45, 2.75) is 32.7 Å². The number of halogens is 2. The third kappa shape index (κ3) is 3.59. The van der Waals surface area contributed by atoms with Gasteiger partial charge in [-0.15, -0.1) is 0 Å². The average molecular weight is 336 g/mol. The molecule has 0 unspecified atom stereocenters. The highest BCUT2D eigenvalue weighted by molar-refractivity contribution is 5.82. The largest absolute Gasteiger partial charge is 0.461 e. The molecule has 2 heterocycles. The van der Waals surface area contributed by atoms with Gasteiger partial charge >= 0.3 is 6.43 Å². The molecule has 1 N–H and O–H groups in total. The summed E-state index contributed by atoms with van der Waals surface area (Å²) in [6.07, 6.45) is -1.20. The van der Waals surface area contributed by atoms with Crippen LogP contribution in [0, 0.1) is 5.92 Å². The predicted molar refractivity (Wildman–Crippen MR) is 88.0 cm³/mol. The number of aryl methyl sites for hydroxylation is 1. The van der Waals surface area contributed by atoms with Gasteiger partial charge in [-0.25, -0.2) is 0 Å². The normalized spacial score (nSPS) is 18.6. The van der Waals surface area contributed by atoms with E-state index in [4.69, 9.17) is 4.42 Å². The first-order chi connectivity index (χ1) is 11.6. The number of furan rings is 1. The second-order valence-corrected chi connectivity index (χ2v) is 6.29. The molecule has 24 heavy (non-hydrogen) atoms. The van der Waals surface area contributed by atoms with Crippen LogP contribution in [0.25, 0.3) is 11.0 Å². The van der Waals surface area contributed by atoms with Crippen molar-refractivity contribution < 1.29 is 18.0 Å². The Hall–Kier alpha value is -1.95. The molecule has 6 heteroatoms. The summed E-state index contributed by atoms with van der Waals surface area (Å²) in [5.74, 6) is 0.0455. The molecule has 130 valence electrons. The second kappa shape index (κ2) is 7.30. The van der Waals surface area contributed by atoms with Crippen LogP contribution in [-0.4, -0.2) is 36.9 Å². The summed E-state index contributed by atoms with van der Waals surface area (Å²) in [7, 11) is 0. The van der Waals surface area contributed by atoms with Gasteiger partial charge in [-0.3, -0.25) is 9.69 Å². The van der Waals surface area contributed by atoms with Gasteiger partial charge in [0.2, 0.25) is 0 Å². The Balaban J connectivity index is 1.62. The SMILES string of the molecule is CCc1oc2ccccc2c1CN1CC[C@@H](CNC(=O)C(F)F)C1. The van der Waals surface area contributed by atoms with Crippen molar-refractivity contribution >= 4 is 16.9 Å². The van der Waals surface area contributed by atoms with Crippen molar-refractivity contribution in [2.24, 2.45) is 5.92 Å². The summed E-state index contributed by atoms with van der Waals surface area (Å²) in [6.45, 7) is 4.88. The van der Waals surface area contributed by atoms with E-state index in [1.54, 1.807) is 0 Å². The van der Waals surface area contributed by atoms with Crippen LogP contribution in [0.3, 0.4) is 0 Å². The molecule has 1 aromatic carbocycles. The second-order valence-electron chi connectivity index (χ2n) is 6.29. The Morgan fingerprint density at radius 2 is 2.21 bits per heavy atom. The Bertz CT molecular complexity index is 714. The maximum Gasteiger partial charge on any atom is 0.315 e. The van der Waals surface area contributed by atoms with Crippen molar-refractivity contribution in [3.05, 3.63) is 35.6 Å². The molecule has 3 rings (SSSR count). The Labute approximate surface area is 139 Å². The molecule has 1 atom stereocenters. The summed E-state index contributed by atoms with van der Waals surface area (Å²) in [6, 6.07) is 8.02. The average Bonchev–Trinajstić information content (AvgIpc) is 3.17. The summed E-state index contributed by atoms with van der Waals surface area (Å²) >= 11 is 0. The minimum atomic E-state index is -2.94. The van der Waals surface area contributed by atoms with Gasteiger partial charge in [0.05, 0.1) is 0 Å². The number of para-hydroxylation sites is 1. The zero-order valence-electron chi connectivity index (χ0n) is 13.7. The number of carbonyl (C=O) groups is 1. The lowest BCUT2D eigenvalue weighted by atomic mass is 10.1. The van der Waals surface area contributed by atoms with E-state index in [0.717, 1.165) is 49.2 Å². The molecule has 0 spiro atoms. The number of carbonyl (C=O) groups excluding carboxylic acids is 1. The third-order valence-electron chi connectivity index (χ3n) is 4.62. The van der Waals surface area contributed by atoms with E-state index < -0.39 is 12.3 Å². The summed E-state index contributed by atoms with van der Waals surface area (Å²) < 4.78 is 30.4. The zero-order valence-corrected chi connectivity index (χ0v) is 13.7. The summed E-state index contributed by atoms with van der Waals surface area (Å²) in [5.41, 5.74) is 2.12. The number of alkyl halides is 2. The van der Waals surface area contributed by atoms with Gasteiger partial charge in [0.15, 0.2) is 0 Å². The highest BCUT2D eigenvalue weighted by Crippen LogP contribution is 2.29. The minimum absolute atomic E-state index is 0.218. The summed E-state index contributed by atoms with van der Waals surface area (Å²) in [5, 5.41) is 3.46. The molecule has 1 amide bonds. The Morgan fingerprint density at radius 3 is 2.96 bits per heavy atom. The molecule has 1 saturated heterocycles. The van der Waals surface area contributed by atoms with Crippen molar-refractivity contribution in [1.29, 1.82) is 0 Å². The molecule has 1 fully saturated rings. The predicted octanol–water partition coefficient (Wildman–Crippen LogP) is 3.20. The molecule has 0 radical (unpaired) electrons. The molecular formula is C18H22F2N2O2. The monoisotopic (exact) mass is 336 g/mol. The van der Waals surface area contributed by atoms with Crippen molar-refractivity contribution in [2.75, 3.05) is 19.6 Å². The quantitative estimate of drug-likeness (QED) is 0.881. The topological polar surface area (TPSA) is 45.5 Å². The van der Waals surface area contributed by atoms with Gasteiger partial charge in [-0.1, -0.05) is 25.1 Å². The van der Waals surface area contributed by atoms with Crippen LogP contribution in [0.1, 0.15) is 24.7 Å². The van der Waals surface area contributed by atoms with E-state index in [2.05, 4.69) is 23.2 Å². The van der Waals surface area contributed by atoms with Gasteiger partial charge < -0.3 is 9.73 Å². The van der Waals surface area contributed by atoms with Crippen LogP contribution in [0.2, 0.25) is 0 Å². The number of nitrogens with one attached hydrogen (secondary N) is 1. The van der Waals surface area contributed by atoms with Crippen LogP contribution in [-0.2, 0) is 17.8 Å². The molecule has 2 aromatic rings. The Kier molecular flexibility index (Phi) is 5.14. The van der Waals surface area contributed by atoms with E-state index >= 15 is 0 Å². The summed E-state index contributed by atoms with van der Waals surface area (Å²) in [4.78, 5) is 13.3. The maximum absolute atomic E-state index is 12.2. The highest BCUT2D eigenvalue weighted by atomic mass is 19.3. The van der Waals surface area contributed by atoms with Gasteiger partial charge in [-0.2, -0.15) is 8.78 Å². The lowest BCUT2D eigenvalue weighted by Gasteiger charge is -2.16. The third-order valence-corrected chi connectivity index (χ3v) is 4.62. The number of hydrogen-bond acceptors (Lipinski definition) is 3. The van der Waals surface area contributed by atoms with Crippen LogP contribution in [0.5, 0.6) is 0 Å². The lowest BCUT2D eigenvalue weighted by molar-refractivity contribution is -0.131. The molecular weight excluding hydrogens is 314 g/mol. The number of amides is 1. The molecule has 1 aliphatic heterocycles. The van der Waals surface area contributed by atoms with E-state index in [-0.39, 0.29) is 5.92 Å². The fourth-order valence-corrected chi connectivity index (χ4v) is 3.38. The van der Waals surface area contributed by atoms with Crippen molar-refractivity contribution in [3.8, 4) is 0 Å². The van der Waals surface area contributed by atoms with E-state index in [1.165, 1.54) is 5.56 Å². The van der Waals surface area contributed by atoms with E-state index in [1.807, 2.05) is 18.2 Å². The highest BCUT2D eigenvalue weighted by Gasteiger charge is 2.26. The first-order valence-corrected chi connectivity index (χ1v) is 8.36. The fraction of sp³-hybridized carbons (Fsp3) is 0.500. The molecule has 1 aliphatic rings. The van der Waals surface area contributed by atoms with Crippen LogP contribution in [0.4, 0.5) is 8.78 Å². The van der Waals surface area contributed by atoms with Gasteiger partial charge in [0.25, 0.3) is 5.91 Å². The van der Waals surface area contributed by atoms with E-state index in [9.17, 15) is 13.6 Å². The number of likely N-dealkylation sites (tertiary alicyclic amines) is 1. The maximum atomic E-state index is 12.2. The fourth-order valence-electron chi connectivity index (χ4n) is 3.38. The number of fused-ring (bicyclic) bond motifs is 1. The Morgan fingerprint density at radius 1 is 1.42 bits per heavy atom. The zero-order chi connectivity index (χ0) is 17.1. The van der Waals surface area contributed by atoms with Crippen molar-refractivity contribution in [1.82, 2.24) is 10.2 Å². The smallest absolute Gasteiger partial charge is 0.315 e.